The van der Waals surface area contributed by atoms with Crippen molar-refractivity contribution in [3.8, 4) is 0 Å². The van der Waals surface area contributed by atoms with Crippen molar-refractivity contribution in [1.82, 2.24) is 10.9 Å². The second-order valence-electron chi connectivity index (χ2n) is 4.04. The van der Waals surface area contributed by atoms with Gasteiger partial charge in [0.05, 0.1) is 5.70 Å². The van der Waals surface area contributed by atoms with E-state index in [1.807, 2.05) is 0 Å². The molecule has 0 heterocycles. The van der Waals surface area contributed by atoms with Gasteiger partial charge in [0, 0.05) is 11.1 Å². The summed E-state index contributed by atoms with van der Waals surface area (Å²) in [5, 5.41) is 0. The van der Waals surface area contributed by atoms with Crippen LogP contribution in [0, 0.1) is 11.6 Å². The lowest BCUT2D eigenvalue weighted by molar-refractivity contribution is 0.0942. The molecule has 0 atom stereocenters. The van der Waals surface area contributed by atoms with E-state index in [-0.39, 0.29) is 16.8 Å². The first-order valence-corrected chi connectivity index (χ1v) is 5.83. The molecule has 2 aromatic carbocycles. The molecule has 2 N–H and O–H groups in total. The minimum atomic E-state index is -0.470. The summed E-state index contributed by atoms with van der Waals surface area (Å²) in [4.78, 5) is 11.7. The van der Waals surface area contributed by atoms with Gasteiger partial charge in [0.25, 0.3) is 5.91 Å². The lowest BCUT2D eigenvalue weighted by Crippen LogP contribution is -2.36. The maximum Gasteiger partial charge on any atom is 0.269 e. The maximum absolute atomic E-state index is 13.5. The first-order chi connectivity index (χ1) is 9.58. The van der Waals surface area contributed by atoms with Crippen LogP contribution in [0.5, 0.6) is 0 Å². The monoisotopic (exact) mass is 274 g/mol. The van der Waals surface area contributed by atoms with Crippen LogP contribution in [0.2, 0.25) is 0 Å². The summed E-state index contributed by atoms with van der Waals surface area (Å²) in [6, 6.07) is 11.1. The molecule has 0 saturated carbocycles. The van der Waals surface area contributed by atoms with Gasteiger partial charge in [-0.3, -0.25) is 15.6 Å². The average Bonchev–Trinajstić information content (AvgIpc) is 2.45. The van der Waals surface area contributed by atoms with E-state index in [4.69, 9.17) is 0 Å². The predicted octanol–water partition coefficient (Wildman–Crippen LogP) is 2.87. The van der Waals surface area contributed by atoms with Crippen molar-refractivity contribution in [3.63, 3.8) is 0 Å². The van der Waals surface area contributed by atoms with Gasteiger partial charge in [0.1, 0.15) is 11.6 Å². The lowest BCUT2D eigenvalue weighted by atomic mass is 10.1. The first-order valence-electron chi connectivity index (χ1n) is 5.83. The molecule has 0 unspecified atom stereocenters. The van der Waals surface area contributed by atoms with Crippen LogP contribution in [0.3, 0.4) is 0 Å². The topological polar surface area (TPSA) is 41.1 Å². The fourth-order valence-corrected chi connectivity index (χ4v) is 1.58. The van der Waals surface area contributed by atoms with Crippen molar-refractivity contribution in [2.45, 2.75) is 0 Å². The number of hydrazine groups is 1. The molecule has 2 aromatic rings. The Hall–Kier alpha value is -2.69. The molecule has 0 radical (unpaired) electrons. The molecule has 1 amide bonds. The van der Waals surface area contributed by atoms with Crippen molar-refractivity contribution >= 4 is 11.6 Å². The Balaban J connectivity index is 1.99. The van der Waals surface area contributed by atoms with Gasteiger partial charge in [0.2, 0.25) is 0 Å². The zero-order valence-corrected chi connectivity index (χ0v) is 10.5. The fourth-order valence-electron chi connectivity index (χ4n) is 1.58. The summed E-state index contributed by atoms with van der Waals surface area (Å²) < 4.78 is 26.2. The molecule has 0 aromatic heterocycles. The number of nitrogens with one attached hydrogen (secondary N) is 2. The van der Waals surface area contributed by atoms with Gasteiger partial charge in [-0.1, -0.05) is 18.7 Å². The van der Waals surface area contributed by atoms with E-state index in [2.05, 4.69) is 17.4 Å². The predicted molar refractivity (Wildman–Crippen MR) is 72.4 cm³/mol. The van der Waals surface area contributed by atoms with Crippen LogP contribution < -0.4 is 10.9 Å². The van der Waals surface area contributed by atoms with E-state index in [0.717, 1.165) is 0 Å². The molecule has 0 bridgehead atoms. The van der Waals surface area contributed by atoms with E-state index in [1.54, 1.807) is 12.1 Å². The Morgan fingerprint density at radius 3 is 2.25 bits per heavy atom. The summed E-state index contributed by atoms with van der Waals surface area (Å²) in [5.74, 6) is -1.34. The van der Waals surface area contributed by atoms with Crippen LogP contribution in [-0.2, 0) is 0 Å². The molecule has 2 rings (SSSR count). The zero-order valence-electron chi connectivity index (χ0n) is 10.5. The molecular weight excluding hydrogens is 262 g/mol. The number of amides is 1. The van der Waals surface area contributed by atoms with Crippen LogP contribution in [0.1, 0.15) is 15.9 Å². The van der Waals surface area contributed by atoms with Crippen LogP contribution in [0.15, 0.2) is 55.1 Å². The van der Waals surface area contributed by atoms with Gasteiger partial charge >= 0.3 is 0 Å². The maximum atomic E-state index is 13.5. The zero-order chi connectivity index (χ0) is 14.5. The number of carbonyl (C=O) groups is 1. The SMILES string of the molecule is C=C(NNC(=O)c1ccc(F)cc1)c1ccccc1F. The van der Waals surface area contributed by atoms with Gasteiger partial charge < -0.3 is 0 Å². The van der Waals surface area contributed by atoms with Crippen molar-refractivity contribution < 1.29 is 13.6 Å². The summed E-state index contributed by atoms with van der Waals surface area (Å²) in [7, 11) is 0. The number of carbonyl (C=O) groups excluding carboxylic acids is 1. The molecule has 3 nitrogen and oxygen atoms in total. The van der Waals surface area contributed by atoms with E-state index < -0.39 is 17.5 Å². The molecule has 0 aliphatic heterocycles. The van der Waals surface area contributed by atoms with E-state index in [9.17, 15) is 13.6 Å². The molecule has 0 aliphatic rings. The minimum absolute atomic E-state index is 0.221. The van der Waals surface area contributed by atoms with E-state index in [1.165, 1.54) is 36.4 Å². The normalized spacial score (nSPS) is 9.90. The quantitative estimate of drug-likeness (QED) is 0.842. The smallest absolute Gasteiger partial charge is 0.269 e. The second-order valence-corrected chi connectivity index (χ2v) is 4.04. The van der Waals surface area contributed by atoms with Crippen LogP contribution in [0.4, 0.5) is 8.78 Å². The summed E-state index contributed by atoms with van der Waals surface area (Å²) in [6.07, 6.45) is 0. The highest BCUT2D eigenvalue weighted by Gasteiger charge is 2.08. The number of hydrogen-bond acceptors (Lipinski definition) is 2. The lowest BCUT2D eigenvalue weighted by Gasteiger charge is -2.11. The number of rotatable bonds is 4. The van der Waals surface area contributed by atoms with Crippen molar-refractivity contribution in [3.05, 3.63) is 77.9 Å². The first kappa shape index (κ1) is 13.7. The molecule has 0 saturated heterocycles. The summed E-state index contributed by atoms with van der Waals surface area (Å²) >= 11 is 0. The third kappa shape index (κ3) is 3.20. The fraction of sp³-hybridized carbons (Fsp3) is 0. The highest BCUT2D eigenvalue weighted by Crippen LogP contribution is 2.13. The minimum Gasteiger partial charge on any atom is -0.298 e. The molecule has 5 heteroatoms. The molecular formula is C15H12F2N2O. The van der Waals surface area contributed by atoms with E-state index >= 15 is 0 Å². The molecule has 20 heavy (non-hydrogen) atoms. The Kier molecular flexibility index (Phi) is 4.10. The second kappa shape index (κ2) is 5.97. The standard InChI is InChI=1S/C15H12F2N2O/c1-10(13-4-2-3-5-14(13)17)18-19-15(20)11-6-8-12(16)9-7-11/h2-9,18H,1H2,(H,19,20). The Morgan fingerprint density at radius 1 is 0.950 bits per heavy atom. The van der Waals surface area contributed by atoms with Crippen LogP contribution in [0.25, 0.3) is 5.70 Å². The largest absolute Gasteiger partial charge is 0.298 e. The van der Waals surface area contributed by atoms with Crippen LogP contribution >= 0.6 is 0 Å². The van der Waals surface area contributed by atoms with Crippen LogP contribution in [-0.4, -0.2) is 5.91 Å². The number of halogens is 2. The number of benzene rings is 2. The highest BCUT2D eigenvalue weighted by molar-refractivity contribution is 5.94. The molecule has 0 spiro atoms. The van der Waals surface area contributed by atoms with Gasteiger partial charge in [0.15, 0.2) is 0 Å². The average molecular weight is 274 g/mol. The van der Waals surface area contributed by atoms with Gasteiger partial charge in [-0.25, -0.2) is 8.78 Å². The molecule has 102 valence electrons. The Morgan fingerprint density at radius 2 is 1.60 bits per heavy atom. The van der Waals surface area contributed by atoms with E-state index in [0.29, 0.717) is 0 Å². The van der Waals surface area contributed by atoms with Gasteiger partial charge in [-0.2, -0.15) is 0 Å². The summed E-state index contributed by atoms with van der Waals surface area (Å²) in [6.45, 7) is 3.64. The van der Waals surface area contributed by atoms with Crippen molar-refractivity contribution in [2.24, 2.45) is 0 Å². The van der Waals surface area contributed by atoms with Gasteiger partial charge in [-0.15, -0.1) is 0 Å². The number of hydrogen-bond donors (Lipinski definition) is 2. The third-order valence-electron chi connectivity index (χ3n) is 2.63. The van der Waals surface area contributed by atoms with Crippen molar-refractivity contribution in [1.29, 1.82) is 0 Å². The Labute approximate surface area is 114 Å². The molecule has 0 aliphatic carbocycles. The molecule has 0 fully saturated rings. The Bertz CT molecular complexity index is 639. The van der Waals surface area contributed by atoms with Gasteiger partial charge in [-0.05, 0) is 36.4 Å². The highest BCUT2D eigenvalue weighted by atomic mass is 19.1. The third-order valence-corrected chi connectivity index (χ3v) is 2.63. The van der Waals surface area contributed by atoms with Crippen molar-refractivity contribution in [2.75, 3.05) is 0 Å². The summed E-state index contributed by atoms with van der Waals surface area (Å²) in [5.41, 5.74) is 5.65.